The van der Waals surface area contributed by atoms with Crippen LogP contribution >= 0.6 is 15.9 Å². The highest BCUT2D eigenvalue weighted by atomic mass is 79.9. The molecule has 1 rings (SSSR count). The van der Waals surface area contributed by atoms with E-state index in [-0.39, 0.29) is 17.7 Å². The number of ether oxygens (including phenoxy) is 1. The van der Waals surface area contributed by atoms with Gasteiger partial charge < -0.3 is 4.74 Å². The number of sulfonamides is 1. The fraction of sp³-hybridized carbons (Fsp3) is 0.273. The summed E-state index contributed by atoms with van der Waals surface area (Å²) in [5.41, 5.74) is 0.367. The molecule has 0 aliphatic rings. The third-order valence-corrected chi connectivity index (χ3v) is 3.94. The Labute approximate surface area is 119 Å². The van der Waals surface area contributed by atoms with Gasteiger partial charge in [-0.05, 0) is 18.2 Å². The molecule has 0 aromatic heterocycles. The van der Waals surface area contributed by atoms with Gasteiger partial charge in [0.25, 0.3) is 0 Å². The summed E-state index contributed by atoms with van der Waals surface area (Å²) in [6.45, 7) is 0. The number of methoxy groups -OCH3 is 1. The number of benzene rings is 1. The quantitative estimate of drug-likeness (QED) is 0.817. The number of hydrogen-bond acceptors (Lipinski definition) is 5. The topological polar surface area (TPSA) is 96.3 Å². The summed E-state index contributed by atoms with van der Waals surface area (Å²) in [6.07, 6.45) is -0.246. The highest BCUT2D eigenvalue weighted by Gasteiger charge is 2.15. The molecule has 0 heterocycles. The molecular formula is C11H11BrN2O4S. The Morgan fingerprint density at radius 2 is 2.21 bits per heavy atom. The van der Waals surface area contributed by atoms with Crippen LogP contribution in [0, 0.1) is 11.3 Å². The first-order chi connectivity index (χ1) is 8.88. The molecule has 0 unspecified atom stereocenters. The van der Waals surface area contributed by atoms with Gasteiger partial charge in [0.15, 0.2) is 0 Å². The lowest BCUT2D eigenvalue weighted by Crippen LogP contribution is -2.20. The van der Waals surface area contributed by atoms with E-state index < -0.39 is 21.7 Å². The molecule has 6 nitrogen and oxygen atoms in total. The lowest BCUT2D eigenvalue weighted by molar-refractivity contribution is -0.140. The molecule has 0 radical (unpaired) electrons. The Morgan fingerprint density at radius 1 is 1.53 bits per heavy atom. The van der Waals surface area contributed by atoms with E-state index in [1.165, 1.54) is 19.2 Å². The second-order valence-electron chi connectivity index (χ2n) is 3.55. The van der Waals surface area contributed by atoms with E-state index in [9.17, 15) is 13.2 Å². The maximum Gasteiger partial charge on any atom is 0.306 e. The van der Waals surface area contributed by atoms with E-state index in [1.807, 2.05) is 6.07 Å². The van der Waals surface area contributed by atoms with E-state index in [1.54, 1.807) is 6.07 Å². The Bertz CT molecular complexity index is 622. The smallest absolute Gasteiger partial charge is 0.306 e. The zero-order valence-electron chi connectivity index (χ0n) is 10.0. The van der Waals surface area contributed by atoms with E-state index in [0.29, 0.717) is 4.47 Å². The minimum Gasteiger partial charge on any atom is -0.469 e. The number of hydrogen-bond donors (Lipinski definition) is 1. The standard InChI is InChI=1S/C11H11BrN2O4S/c1-18-11(15)4-5-19(16,17)14-10-3-2-9(12)6-8(10)7-13/h2-3,6,14H,4-5H2,1H3. The number of esters is 1. The number of halogens is 1. The van der Waals surface area contributed by atoms with Gasteiger partial charge in [-0.25, -0.2) is 8.42 Å². The third-order valence-electron chi connectivity index (χ3n) is 2.17. The van der Waals surface area contributed by atoms with Crippen molar-refractivity contribution in [2.75, 3.05) is 17.6 Å². The molecule has 0 spiro atoms. The van der Waals surface area contributed by atoms with E-state index in [4.69, 9.17) is 5.26 Å². The van der Waals surface area contributed by atoms with Crippen molar-refractivity contribution in [2.24, 2.45) is 0 Å². The third kappa shape index (κ3) is 4.89. The average Bonchev–Trinajstić information content (AvgIpc) is 2.37. The first-order valence-corrected chi connectivity index (χ1v) is 7.59. The molecule has 8 heteroatoms. The first-order valence-electron chi connectivity index (χ1n) is 5.15. The number of anilines is 1. The molecule has 102 valence electrons. The van der Waals surface area contributed by atoms with Crippen LogP contribution in [0.1, 0.15) is 12.0 Å². The zero-order valence-corrected chi connectivity index (χ0v) is 12.4. The maximum atomic E-state index is 11.7. The van der Waals surface area contributed by atoms with Crippen LogP contribution in [0.2, 0.25) is 0 Å². The molecule has 0 aliphatic heterocycles. The van der Waals surface area contributed by atoms with Gasteiger partial charge in [0, 0.05) is 4.47 Å². The van der Waals surface area contributed by atoms with Crippen molar-refractivity contribution in [3.8, 4) is 6.07 Å². The molecule has 0 aliphatic carbocycles. The molecule has 19 heavy (non-hydrogen) atoms. The summed E-state index contributed by atoms with van der Waals surface area (Å²) in [4.78, 5) is 10.9. The van der Waals surface area contributed by atoms with Gasteiger partial charge in [0.05, 0.1) is 30.5 Å². The fourth-order valence-corrected chi connectivity index (χ4v) is 2.65. The van der Waals surface area contributed by atoms with Crippen LogP contribution in [0.25, 0.3) is 0 Å². The molecule has 1 N–H and O–H groups in total. The van der Waals surface area contributed by atoms with Crippen LogP contribution < -0.4 is 4.72 Å². The molecule has 0 fully saturated rings. The van der Waals surface area contributed by atoms with Crippen molar-refractivity contribution in [1.29, 1.82) is 5.26 Å². The first kappa shape index (κ1) is 15.5. The molecule has 0 saturated carbocycles. The number of nitriles is 1. The van der Waals surface area contributed by atoms with Gasteiger partial charge in [0.1, 0.15) is 6.07 Å². The van der Waals surface area contributed by atoms with Crippen LogP contribution in [0.5, 0.6) is 0 Å². The van der Waals surface area contributed by atoms with Crippen molar-refractivity contribution in [3.63, 3.8) is 0 Å². The largest absolute Gasteiger partial charge is 0.469 e. The van der Waals surface area contributed by atoms with Gasteiger partial charge in [-0.3, -0.25) is 9.52 Å². The summed E-state index contributed by atoms with van der Waals surface area (Å²) < 4.78 is 30.8. The minimum atomic E-state index is -3.70. The van der Waals surface area contributed by atoms with Crippen LogP contribution in [-0.2, 0) is 19.6 Å². The molecule has 0 amide bonds. The van der Waals surface area contributed by atoms with E-state index >= 15 is 0 Å². The lowest BCUT2D eigenvalue weighted by Gasteiger charge is -2.09. The summed E-state index contributed by atoms with van der Waals surface area (Å²) in [5.74, 6) is -1.01. The van der Waals surface area contributed by atoms with Crippen LogP contribution in [0.4, 0.5) is 5.69 Å². The predicted octanol–water partition coefficient (Wildman–Crippen LogP) is 1.63. The number of nitrogens with one attached hydrogen (secondary N) is 1. The van der Waals surface area contributed by atoms with Gasteiger partial charge in [-0.15, -0.1) is 0 Å². The van der Waals surface area contributed by atoms with Crippen molar-refractivity contribution < 1.29 is 17.9 Å². The van der Waals surface area contributed by atoms with Gasteiger partial charge in [-0.1, -0.05) is 15.9 Å². The van der Waals surface area contributed by atoms with Gasteiger partial charge in [-0.2, -0.15) is 5.26 Å². The Balaban J connectivity index is 2.84. The molecule has 1 aromatic carbocycles. The molecule has 0 bridgehead atoms. The van der Waals surface area contributed by atoms with Crippen molar-refractivity contribution in [3.05, 3.63) is 28.2 Å². The average molecular weight is 347 g/mol. The van der Waals surface area contributed by atoms with Crippen LogP contribution in [0.3, 0.4) is 0 Å². The molecular weight excluding hydrogens is 336 g/mol. The highest BCUT2D eigenvalue weighted by molar-refractivity contribution is 9.10. The minimum absolute atomic E-state index is 0.176. The monoisotopic (exact) mass is 346 g/mol. The number of nitrogens with zero attached hydrogens (tertiary/aromatic N) is 1. The van der Waals surface area contributed by atoms with Crippen molar-refractivity contribution in [1.82, 2.24) is 0 Å². The molecule has 1 aromatic rings. The molecule has 0 atom stereocenters. The molecule has 0 saturated heterocycles. The van der Waals surface area contributed by atoms with Gasteiger partial charge >= 0.3 is 5.97 Å². The Morgan fingerprint density at radius 3 is 2.79 bits per heavy atom. The second-order valence-corrected chi connectivity index (χ2v) is 6.31. The Kier molecular flexibility index (Phi) is 5.32. The lowest BCUT2D eigenvalue weighted by atomic mass is 10.2. The van der Waals surface area contributed by atoms with Crippen LogP contribution in [0.15, 0.2) is 22.7 Å². The summed E-state index contributed by atoms with van der Waals surface area (Å²) in [6, 6.07) is 6.47. The predicted molar refractivity (Wildman–Crippen MR) is 72.9 cm³/mol. The van der Waals surface area contributed by atoms with Crippen LogP contribution in [-0.4, -0.2) is 27.2 Å². The highest BCUT2D eigenvalue weighted by Crippen LogP contribution is 2.21. The number of carbonyl (C=O) groups is 1. The van der Waals surface area contributed by atoms with Crippen molar-refractivity contribution in [2.45, 2.75) is 6.42 Å². The van der Waals surface area contributed by atoms with Crippen molar-refractivity contribution >= 4 is 37.6 Å². The fourth-order valence-electron chi connectivity index (χ4n) is 1.24. The SMILES string of the molecule is COC(=O)CCS(=O)(=O)Nc1ccc(Br)cc1C#N. The van der Waals surface area contributed by atoms with E-state index in [2.05, 4.69) is 25.4 Å². The zero-order chi connectivity index (χ0) is 14.5. The summed E-state index contributed by atoms with van der Waals surface area (Å²) in [7, 11) is -2.52. The number of carbonyl (C=O) groups excluding carboxylic acids is 1. The van der Waals surface area contributed by atoms with Gasteiger partial charge in [0.2, 0.25) is 10.0 Å². The summed E-state index contributed by atoms with van der Waals surface area (Å²) in [5, 5.41) is 8.92. The maximum absolute atomic E-state index is 11.7. The summed E-state index contributed by atoms with van der Waals surface area (Å²) >= 11 is 3.19. The Hall–Kier alpha value is -1.59. The normalized spacial score (nSPS) is 10.6. The van der Waals surface area contributed by atoms with E-state index in [0.717, 1.165) is 0 Å². The number of rotatable bonds is 5. The second kappa shape index (κ2) is 6.54.